The molecule has 7 heteroatoms. The molecule has 2 heterocycles. The third kappa shape index (κ3) is 3.86. The van der Waals surface area contributed by atoms with Crippen LogP contribution in [0.5, 0.6) is 5.75 Å². The minimum Gasteiger partial charge on any atom is -0.496 e. The second-order valence-corrected chi connectivity index (χ2v) is 11.7. The standard InChI is InChI=1S/C27H30Cl2N2O3/c1-25(2,3)14-21-27(15-30,19-11-10-18(29)13-20(19)33-6)22(16-8-7-9-17(28)12-16)23-24(32)34-26(4,5)31(21)23/h7-13,21-23H,14H2,1-6H3/t21-,22-,23-,27-/m0/s1. The summed E-state index contributed by atoms with van der Waals surface area (Å²) in [6.07, 6.45) is 0.653. The Morgan fingerprint density at radius 3 is 2.41 bits per heavy atom. The summed E-state index contributed by atoms with van der Waals surface area (Å²) in [7, 11) is 1.57. The molecule has 2 aromatic rings. The Hall–Kier alpha value is -2.26. The van der Waals surface area contributed by atoms with E-state index in [1.165, 1.54) is 0 Å². The van der Waals surface area contributed by atoms with Gasteiger partial charge in [0.1, 0.15) is 17.2 Å². The summed E-state index contributed by atoms with van der Waals surface area (Å²) in [6.45, 7) is 10.2. The number of halogens is 2. The highest BCUT2D eigenvalue weighted by Crippen LogP contribution is 2.61. The molecule has 0 aromatic heterocycles. The van der Waals surface area contributed by atoms with Crippen LogP contribution in [0, 0.1) is 16.7 Å². The molecule has 34 heavy (non-hydrogen) atoms. The van der Waals surface area contributed by atoms with Crippen molar-refractivity contribution in [1.82, 2.24) is 4.90 Å². The first kappa shape index (κ1) is 24.9. The van der Waals surface area contributed by atoms with Crippen LogP contribution < -0.4 is 4.74 Å². The number of fused-ring (bicyclic) bond motifs is 1. The van der Waals surface area contributed by atoms with Crippen LogP contribution in [0.2, 0.25) is 10.0 Å². The predicted octanol–water partition coefficient (Wildman–Crippen LogP) is 6.33. The molecule has 2 aliphatic rings. The van der Waals surface area contributed by atoms with E-state index in [0.29, 0.717) is 27.8 Å². The highest BCUT2D eigenvalue weighted by molar-refractivity contribution is 6.31. The van der Waals surface area contributed by atoms with E-state index in [4.69, 9.17) is 32.7 Å². The van der Waals surface area contributed by atoms with Gasteiger partial charge in [0, 0.05) is 27.6 Å². The number of esters is 1. The summed E-state index contributed by atoms with van der Waals surface area (Å²) in [5.41, 5.74) is -0.629. The van der Waals surface area contributed by atoms with E-state index in [1.807, 2.05) is 38.1 Å². The molecule has 2 aliphatic heterocycles. The lowest BCUT2D eigenvalue weighted by Crippen LogP contribution is -2.52. The Morgan fingerprint density at radius 1 is 1.15 bits per heavy atom. The summed E-state index contributed by atoms with van der Waals surface area (Å²) < 4.78 is 11.6. The van der Waals surface area contributed by atoms with E-state index < -0.39 is 23.1 Å². The van der Waals surface area contributed by atoms with Crippen molar-refractivity contribution in [3.63, 3.8) is 0 Å². The molecule has 0 radical (unpaired) electrons. The first-order valence-electron chi connectivity index (χ1n) is 11.4. The second-order valence-electron chi connectivity index (χ2n) is 10.9. The smallest absolute Gasteiger partial charge is 0.325 e. The normalized spacial score (nSPS) is 28.3. The number of carbonyl (C=O) groups excluding carboxylic acids is 1. The fourth-order valence-corrected chi connectivity index (χ4v) is 6.25. The van der Waals surface area contributed by atoms with Crippen molar-refractivity contribution in [3.8, 4) is 11.8 Å². The molecule has 0 aliphatic carbocycles. The maximum Gasteiger partial charge on any atom is 0.325 e. The minimum atomic E-state index is -1.13. The molecule has 0 N–H and O–H groups in total. The number of carbonyl (C=O) groups is 1. The van der Waals surface area contributed by atoms with Crippen molar-refractivity contribution in [2.75, 3.05) is 7.11 Å². The van der Waals surface area contributed by atoms with Crippen LogP contribution in [0.25, 0.3) is 0 Å². The van der Waals surface area contributed by atoms with Crippen LogP contribution in [-0.2, 0) is 14.9 Å². The van der Waals surface area contributed by atoms with Gasteiger partial charge in [-0.05, 0) is 55.5 Å². The summed E-state index contributed by atoms with van der Waals surface area (Å²) in [5.74, 6) is -0.348. The van der Waals surface area contributed by atoms with E-state index in [9.17, 15) is 10.1 Å². The van der Waals surface area contributed by atoms with Gasteiger partial charge in [-0.3, -0.25) is 4.79 Å². The number of cyclic esters (lactones) is 1. The molecular weight excluding hydrogens is 471 g/mol. The van der Waals surface area contributed by atoms with E-state index in [0.717, 1.165) is 5.56 Å². The minimum absolute atomic E-state index is 0.137. The molecule has 0 spiro atoms. The van der Waals surface area contributed by atoms with Crippen molar-refractivity contribution in [2.45, 2.75) is 70.2 Å². The number of hydrogen-bond donors (Lipinski definition) is 0. The summed E-state index contributed by atoms with van der Waals surface area (Å²) >= 11 is 12.7. The lowest BCUT2D eigenvalue weighted by atomic mass is 9.62. The number of nitrogens with zero attached hydrogens (tertiary/aromatic N) is 2. The van der Waals surface area contributed by atoms with Crippen molar-refractivity contribution in [1.29, 1.82) is 5.26 Å². The maximum atomic E-state index is 13.4. The van der Waals surface area contributed by atoms with E-state index in [-0.39, 0.29) is 17.4 Å². The lowest BCUT2D eigenvalue weighted by molar-refractivity contribution is -0.152. The molecular formula is C27H30Cl2N2O3. The summed E-state index contributed by atoms with van der Waals surface area (Å²) in [4.78, 5) is 15.5. The zero-order valence-corrected chi connectivity index (χ0v) is 21.9. The number of methoxy groups -OCH3 is 1. The van der Waals surface area contributed by atoms with Crippen molar-refractivity contribution >= 4 is 29.2 Å². The largest absolute Gasteiger partial charge is 0.496 e. The van der Waals surface area contributed by atoms with Gasteiger partial charge in [-0.15, -0.1) is 0 Å². The van der Waals surface area contributed by atoms with Crippen LogP contribution in [0.4, 0.5) is 0 Å². The van der Waals surface area contributed by atoms with Crippen LogP contribution in [0.1, 0.15) is 58.1 Å². The van der Waals surface area contributed by atoms with Crippen molar-refractivity contribution in [2.24, 2.45) is 5.41 Å². The molecule has 180 valence electrons. The maximum absolute atomic E-state index is 13.4. The van der Waals surface area contributed by atoms with E-state index in [1.54, 1.807) is 25.3 Å². The quantitative estimate of drug-likeness (QED) is 0.459. The first-order valence-corrected chi connectivity index (χ1v) is 12.1. The molecule has 0 saturated carbocycles. The Morgan fingerprint density at radius 2 is 1.82 bits per heavy atom. The number of benzene rings is 2. The molecule has 0 bridgehead atoms. The van der Waals surface area contributed by atoms with Gasteiger partial charge in [-0.2, -0.15) is 5.26 Å². The Bertz CT molecular complexity index is 1170. The molecule has 2 aromatic carbocycles. The average molecular weight is 501 g/mol. The van der Waals surface area contributed by atoms with Crippen LogP contribution in [0.15, 0.2) is 42.5 Å². The summed E-state index contributed by atoms with van der Waals surface area (Å²) in [6, 6.07) is 14.5. The SMILES string of the molecule is COc1cc(Cl)ccc1[C@@]1(C#N)[C@H](CC(C)(C)C)N2[C@H](C(=O)OC2(C)C)[C@@H]1c1cccc(Cl)c1. The number of nitriles is 1. The van der Waals surface area contributed by atoms with Crippen LogP contribution in [-0.4, -0.2) is 35.8 Å². The summed E-state index contributed by atoms with van der Waals surface area (Å²) in [5, 5.41) is 12.1. The molecule has 0 unspecified atom stereocenters. The topological polar surface area (TPSA) is 62.6 Å². The zero-order chi connectivity index (χ0) is 25.1. The number of rotatable bonds is 4. The molecule has 0 amide bonds. The second kappa shape index (κ2) is 8.45. The Balaban J connectivity index is 2.10. The van der Waals surface area contributed by atoms with E-state index in [2.05, 4.69) is 31.7 Å². The fraction of sp³-hybridized carbons (Fsp3) is 0.481. The van der Waals surface area contributed by atoms with E-state index >= 15 is 0 Å². The molecule has 2 fully saturated rings. The third-order valence-electron chi connectivity index (χ3n) is 6.99. The van der Waals surface area contributed by atoms with Gasteiger partial charge in [0.05, 0.1) is 13.2 Å². The molecule has 4 atom stereocenters. The fourth-order valence-electron chi connectivity index (χ4n) is 5.89. The highest BCUT2D eigenvalue weighted by atomic mass is 35.5. The average Bonchev–Trinajstić information content (AvgIpc) is 3.16. The molecule has 2 saturated heterocycles. The van der Waals surface area contributed by atoms with Gasteiger partial charge < -0.3 is 9.47 Å². The number of ether oxygens (including phenoxy) is 2. The molecule has 4 rings (SSSR count). The monoisotopic (exact) mass is 500 g/mol. The van der Waals surface area contributed by atoms with Gasteiger partial charge in [-0.1, -0.05) is 62.2 Å². The van der Waals surface area contributed by atoms with Gasteiger partial charge in [0.15, 0.2) is 5.72 Å². The number of hydrogen-bond acceptors (Lipinski definition) is 5. The molecule has 5 nitrogen and oxygen atoms in total. The zero-order valence-electron chi connectivity index (χ0n) is 20.4. The van der Waals surface area contributed by atoms with Crippen molar-refractivity contribution < 1.29 is 14.3 Å². The first-order chi connectivity index (χ1) is 15.9. The van der Waals surface area contributed by atoms with Gasteiger partial charge in [-0.25, -0.2) is 4.90 Å². The van der Waals surface area contributed by atoms with Gasteiger partial charge in [0.2, 0.25) is 0 Å². The van der Waals surface area contributed by atoms with Crippen LogP contribution >= 0.6 is 23.2 Å². The van der Waals surface area contributed by atoms with Crippen molar-refractivity contribution in [3.05, 3.63) is 63.6 Å². The Labute approximate surface area is 211 Å². The van der Waals surface area contributed by atoms with Gasteiger partial charge in [0.25, 0.3) is 0 Å². The highest BCUT2D eigenvalue weighted by Gasteiger charge is 2.70. The lowest BCUT2D eigenvalue weighted by Gasteiger charge is -2.42. The van der Waals surface area contributed by atoms with Gasteiger partial charge >= 0.3 is 5.97 Å². The predicted molar refractivity (Wildman–Crippen MR) is 133 cm³/mol. The Kier molecular flexibility index (Phi) is 6.17. The third-order valence-corrected chi connectivity index (χ3v) is 7.46. The van der Waals surface area contributed by atoms with Crippen LogP contribution in [0.3, 0.4) is 0 Å².